The molecule has 1 atom stereocenters. The monoisotopic (exact) mass is 533 g/mol. The number of hydrogen-bond acceptors (Lipinski definition) is 3. The zero-order valence-corrected chi connectivity index (χ0v) is 20.5. The third-order valence-electron chi connectivity index (χ3n) is 4.84. The van der Waals surface area contributed by atoms with Crippen LogP contribution in [0, 0.1) is 0 Å². The Morgan fingerprint density at radius 3 is 2.42 bits per heavy atom. The van der Waals surface area contributed by atoms with Gasteiger partial charge in [0, 0.05) is 32.9 Å². The Morgan fingerprint density at radius 2 is 1.71 bits per heavy atom. The highest BCUT2D eigenvalue weighted by atomic mass is 127. The summed E-state index contributed by atoms with van der Waals surface area (Å²) in [5, 5.41) is 11.1. The highest BCUT2D eigenvalue weighted by Gasteiger charge is 2.05. The molecule has 7 heteroatoms. The van der Waals surface area contributed by atoms with Gasteiger partial charge in [0.25, 0.3) is 0 Å². The summed E-state index contributed by atoms with van der Waals surface area (Å²) in [6.45, 7) is 4.40. The van der Waals surface area contributed by atoms with Crippen LogP contribution in [0.3, 0.4) is 0 Å². The van der Waals surface area contributed by atoms with E-state index in [2.05, 4.69) is 46.0 Å². The van der Waals surface area contributed by atoms with Crippen molar-refractivity contribution in [2.45, 2.75) is 25.9 Å². The van der Waals surface area contributed by atoms with Gasteiger partial charge in [-0.05, 0) is 43.0 Å². The molecule has 3 rings (SSSR count). The highest BCUT2D eigenvalue weighted by Crippen LogP contribution is 2.15. The molecule has 0 amide bonds. The Hall–Kier alpha value is -2.39. The fourth-order valence-electron chi connectivity index (χ4n) is 3.12. The van der Waals surface area contributed by atoms with Crippen molar-refractivity contribution in [2.75, 3.05) is 26.7 Å². The molecule has 1 unspecified atom stereocenters. The van der Waals surface area contributed by atoms with Crippen molar-refractivity contribution in [3.8, 4) is 5.69 Å². The second kappa shape index (κ2) is 13.8. The molecule has 6 nitrogen and oxygen atoms in total. The van der Waals surface area contributed by atoms with Gasteiger partial charge in [-0.25, -0.2) is 4.68 Å². The van der Waals surface area contributed by atoms with Crippen molar-refractivity contribution in [3.05, 3.63) is 84.2 Å². The quantitative estimate of drug-likeness (QED) is 0.176. The van der Waals surface area contributed by atoms with Crippen LogP contribution in [-0.2, 0) is 11.2 Å². The molecule has 3 aromatic rings. The standard InChI is InChI=1S/C24H31N5O.HI/c1-20(22-10-5-3-6-11-22)30-17-9-15-26-24(25-2)27-16-14-21-18-28-29(19-21)23-12-7-4-8-13-23;/h3-8,10-13,18-20H,9,14-17H2,1-2H3,(H2,25,26,27);1H. The van der Waals surface area contributed by atoms with Gasteiger partial charge >= 0.3 is 0 Å². The lowest BCUT2D eigenvalue weighted by molar-refractivity contribution is 0.0646. The number of aromatic nitrogens is 2. The normalized spacial score (nSPS) is 12.1. The van der Waals surface area contributed by atoms with Crippen molar-refractivity contribution >= 4 is 29.9 Å². The minimum Gasteiger partial charge on any atom is -0.374 e. The van der Waals surface area contributed by atoms with Crippen LogP contribution in [0.5, 0.6) is 0 Å². The van der Waals surface area contributed by atoms with Gasteiger partial charge in [-0.3, -0.25) is 4.99 Å². The van der Waals surface area contributed by atoms with Gasteiger partial charge in [0.05, 0.1) is 18.0 Å². The Labute approximate surface area is 202 Å². The van der Waals surface area contributed by atoms with Gasteiger partial charge in [0.1, 0.15) is 0 Å². The summed E-state index contributed by atoms with van der Waals surface area (Å²) < 4.78 is 7.81. The predicted octanol–water partition coefficient (Wildman–Crippen LogP) is 4.37. The number of hydrogen-bond donors (Lipinski definition) is 2. The van der Waals surface area contributed by atoms with Crippen LogP contribution >= 0.6 is 24.0 Å². The molecule has 0 saturated heterocycles. The predicted molar refractivity (Wildman–Crippen MR) is 137 cm³/mol. The first kappa shape index (κ1) is 24.9. The van der Waals surface area contributed by atoms with E-state index in [0.717, 1.165) is 37.6 Å². The highest BCUT2D eigenvalue weighted by molar-refractivity contribution is 14.0. The third kappa shape index (κ3) is 8.34. The second-order valence-corrected chi connectivity index (χ2v) is 7.08. The van der Waals surface area contributed by atoms with Crippen molar-refractivity contribution in [1.29, 1.82) is 0 Å². The van der Waals surface area contributed by atoms with Gasteiger partial charge in [-0.2, -0.15) is 5.10 Å². The molecule has 2 N–H and O–H groups in total. The number of nitrogens with zero attached hydrogens (tertiary/aromatic N) is 3. The van der Waals surface area contributed by atoms with Crippen molar-refractivity contribution < 1.29 is 4.74 Å². The summed E-state index contributed by atoms with van der Waals surface area (Å²) >= 11 is 0. The van der Waals surface area contributed by atoms with Crippen LogP contribution in [0.15, 0.2) is 78.0 Å². The lowest BCUT2D eigenvalue weighted by atomic mass is 10.1. The summed E-state index contributed by atoms with van der Waals surface area (Å²) in [7, 11) is 1.79. The molecule has 0 fully saturated rings. The van der Waals surface area contributed by atoms with Gasteiger partial charge in [0.2, 0.25) is 0 Å². The van der Waals surface area contributed by atoms with Crippen molar-refractivity contribution in [2.24, 2.45) is 4.99 Å². The van der Waals surface area contributed by atoms with Crippen LogP contribution in [0.2, 0.25) is 0 Å². The topological polar surface area (TPSA) is 63.5 Å². The van der Waals surface area contributed by atoms with Gasteiger partial charge in [0.15, 0.2) is 5.96 Å². The Balaban J connectivity index is 0.00000341. The summed E-state index contributed by atoms with van der Waals surface area (Å²) in [4.78, 5) is 4.29. The van der Waals surface area contributed by atoms with Crippen molar-refractivity contribution in [1.82, 2.24) is 20.4 Å². The summed E-state index contributed by atoms with van der Waals surface area (Å²) in [5.41, 5.74) is 3.46. The second-order valence-electron chi connectivity index (χ2n) is 7.08. The van der Waals surface area contributed by atoms with E-state index in [9.17, 15) is 0 Å². The van der Waals surface area contributed by atoms with E-state index < -0.39 is 0 Å². The Kier molecular flexibility index (Phi) is 11.1. The van der Waals surface area contributed by atoms with E-state index in [1.165, 1.54) is 11.1 Å². The molecular weight excluding hydrogens is 501 g/mol. The lowest BCUT2D eigenvalue weighted by Crippen LogP contribution is -2.39. The maximum atomic E-state index is 5.91. The van der Waals surface area contributed by atoms with Crippen LogP contribution in [0.4, 0.5) is 0 Å². The molecule has 0 aliphatic heterocycles. The van der Waals surface area contributed by atoms with E-state index in [1.54, 1.807) is 7.05 Å². The van der Waals surface area contributed by atoms with Crippen LogP contribution < -0.4 is 10.6 Å². The van der Waals surface area contributed by atoms with E-state index in [4.69, 9.17) is 4.74 Å². The SMILES string of the molecule is CN=C(NCCCOC(C)c1ccccc1)NCCc1cnn(-c2ccccc2)c1.I. The Morgan fingerprint density at radius 1 is 1.03 bits per heavy atom. The molecule has 0 radical (unpaired) electrons. The average Bonchev–Trinajstić information content (AvgIpc) is 3.27. The maximum Gasteiger partial charge on any atom is 0.190 e. The number of para-hydroxylation sites is 1. The minimum atomic E-state index is 0. The smallest absolute Gasteiger partial charge is 0.190 e. The lowest BCUT2D eigenvalue weighted by Gasteiger charge is -2.14. The number of ether oxygens (including phenoxy) is 1. The fraction of sp³-hybridized carbons (Fsp3) is 0.333. The van der Waals surface area contributed by atoms with Gasteiger partial charge < -0.3 is 15.4 Å². The van der Waals surface area contributed by atoms with Crippen LogP contribution in [0.1, 0.15) is 30.6 Å². The van der Waals surface area contributed by atoms with Crippen LogP contribution in [-0.4, -0.2) is 42.5 Å². The molecule has 0 aliphatic carbocycles. The number of halogens is 1. The number of rotatable bonds is 10. The molecule has 2 aromatic carbocycles. The first-order valence-corrected chi connectivity index (χ1v) is 10.5. The first-order valence-electron chi connectivity index (χ1n) is 10.5. The Bertz CT molecular complexity index is 899. The maximum absolute atomic E-state index is 5.91. The third-order valence-corrected chi connectivity index (χ3v) is 4.84. The van der Waals surface area contributed by atoms with Crippen LogP contribution in [0.25, 0.3) is 5.69 Å². The summed E-state index contributed by atoms with van der Waals surface area (Å²) in [6, 6.07) is 20.4. The molecule has 31 heavy (non-hydrogen) atoms. The zero-order chi connectivity index (χ0) is 21.0. The largest absolute Gasteiger partial charge is 0.374 e. The van der Waals surface area contributed by atoms with E-state index >= 15 is 0 Å². The number of aliphatic imine (C=N–C) groups is 1. The summed E-state index contributed by atoms with van der Waals surface area (Å²) in [6.07, 6.45) is 5.89. The molecule has 1 aromatic heterocycles. The molecule has 0 aliphatic rings. The summed E-state index contributed by atoms with van der Waals surface area (Å²) in [5.74, 6) is 0.807. The molecule has 166 valence electrons. The van der Waals surface area contributed by atoms with Crippen molar-refractivity contribution in [3.63, 3.8) is 0 Å². The van der Waals surface area contributed by atoms with Gasteiger partial charge in [-0.15, -0.1) is 24.0 Å². The number of nitrogens with one attached hydrogen (secondary N) is 2. The molecular formula is C24H32IN5O. The number of guanidine groups is 1. The first-order chi connectivity index (χ1) is 14.8. The fourth-order valence-corrected chi connectivity index (χ4v) is 3.12. The van der Waals surface area contributed by atoms with Gasteiger partial charge in [-0.1, -0.05) is 48.5 Å². The molecule has 0 bridgehead atoms. The van der Waals surface area contributed by atoms with E-state index in [1.807, 2.05) is 59.4 Å². The minimum absolute atomic E-state index is 0. The zero-order valence-electron chi connectivity index (χ0n) is 18.2. The molecule has 0 saturated carbocycles. The average molecular weight is 533 g/mol. The van der Waals surface area contributed by atoms with E-state index in [0.29, 0.717) is 6.61 Å². The van der Waals surface area contributed by atoms with E-state index in [-0.39, 0.29) is 30.1 Å². The molecule has 0 spiro atoms. The number of benzene rings is 2. The molecule has 1 heterocycles.